The van der Waals surface area contributed by atoms with E-state index in [2.05, 4.69) is 10.4 Å². The van der Waals surface area contributed by atoms with Crippen LogP contribution in [0.3, 0.4) is 0 Å². The molecular formula is C18H22Cl2N4OS. The molecular weight excluding hydrogens is 391 g/mol. The molecule has 1 aromatic carbocycles. The Morgan fingerprint density at radius 1 is 1.35 bits per heavy atom. The lowest BCUT2D eigenvalue weighted by atomic mass is 10.2. The highest BCUT2D eigenvalue weighted by atomic mass is 35.5. The molecule has 1 N–H and O–H groups in total. The van der Waals surface area contributed by atoms with E-state index in [1.807, 2.05) is 56.0 Å². The van der Waals surface area contributed by atoms with Gasteiger partial charge in [0.05, 0.1) is 17.1 Å². The van der Waals surface area contributed by atoms with Gasteiger partial charge in [-0.2, -0.15) is 5.10 Å². The van der Waals surface area contributed by atoms with Crippen molar-refractivity contribution in [2.45, 2.75) is 13.5 Å². The van der Waals surface area contributed by atoms with Gasteiger partial charge < -0.3 is 10.2 Å². The van der Waals surface area contributed by atoms with E-state index in [4.69, 9.17) is 11.6 Å². The van der Waals surface area contributed by atoms with Gasteiger partial charge in [0, 0.05) is 30.5 Å². The van der Waals surface area contributed by atoms with E-state index in [1.165, 1.54) is 11.3 Å². The topological polar surface area (TPSA) is 50.2 Å². The van der Waals surface area contributed by atoms with E-state index in [1.54, 1.807) is 4.90 Å². The molecule has 0 saturated carbocycles. The quantitative estimate of drug-likeness (QED) is 0.669. The molecule has 2 heterocycles. The van der Waals surface area contributed by atoms with Gasteiger partial charge >= 0.3 is 0 Å². The molecule has 0 atom stereocenters. The van der Waals surface area contributed by atoms with Gasteiger partial charge in [-0.15, -0.1) is 23.7 Å². The van der Waals surface area contributed by atoms with Crippen molar-refractivity contribution in [1.29, 1.82) is 0 Å². The lowest BCUT2D eigenvalue weighted by Crippen LogP contribution is -2.32. The number of rotatable bonds is 6. The highest BCUT2D eigenvalue weighted by Gasteiger charge is 2.18. The zero-order chi connectivity index (χ0) is 18.0. The van der Waals surface area contributed by atoms with Crippen LogP contribution in [0.4, 0.5) is 0 Å². The van der Waals surface area contributed by atoms with Crippen molar-refractivity contribution in [1.82, 2.24) is 20.0 Å². The normalized spacial score (nSPS) is 10.8. The van der Waals surface area contributed by atoms with Crippen LogP contribution >= 0.6 is 35.3 Å². The molecule has 0 saturated heterocycles. The Hall–Kier alpha value is -1.60. The molecule has 2 aromatic heterocycles. The molecule has 26 heavy (non-hydrogen) atoms. The number of thiophene rings is 1. The molecule has 0 bridgehead atoms. The number of hydrogen-bond acceptors (Lipinski definition) is 4. The Labute approximate surface area is 168 Å². The van der Waals surface area contributed by atoms with Crippen LogP contribution in [0.1, 0.15) is 20.9 Å². The van der Waals surface area contributed by atoms with Crippen LogP contribution in [0, 0.1) is 6.92 Å². The van der Waals surface area contributed by atoms with E-state index < -0.39 is 0 Å². The molecule has 140 valence electrons. The minimum atomic E-state index is 0. The number of likely N-dealkylation sites (N-methyl/N-ethyl adjacent to an activating group) is 2. The molecule has 0 spiro atoms. The summed E-state index contributed by atoms with van der Waals surface area (Å²) in [7, 11) is 3.71. The van der Waals surface area contributed by atoms with Crippen LogP contribution in [0.2, 0.25) is 5.02 Å². The zero-order valence-electron chi connectivity index (χ0n) is 15.0. The summed E-state index contributed by atoms with van der Waals surface area (Å²) < 4.78 is 1.96. The van der Waals surface area contributed by atoms with Crippen LogP contribution in [0.25, 0.3) is 10.2 Å². The van der Waals surface area contributed by atoms with E-state index >= 15 is 0 Å². The monoisotopic (exact) mass is 412 g/mol. The number of carbonyl (C=O) groups is 1. The van der Waals surface area contributed by atoms with E-state index in [0.29, 0.717) is 13.1 Å². The summed E-state index contributed by atoms with van der Waals surface area (Å²) in [4.78, 5) is 16.1. The van der Waals surface area contributed by atoms with Crippen molar-refractivity contribution in [3.63, 3.8) is 0 Å². The van der Waals surface area contributed by atoms with E-state index in [9.17, 15) is 4.79 Å². The summed E-state index contributed by atoms with van der Waals surface area (Å²) in [5, 5.41) is 9.45. The largest absolute Gasteiger partial charge is 0.340 e. The standard InChI is InChI=1S/C18H21ClN4OS.ClH/c1-12-15-10-16(17(24)22(3)9-8-20-2)25-18(15)23(21-12)11-13-4-6-14(19)7-5-13;/h4-7,10,20H,8-9,11H2,1-3H3;1H. The van der Waals surface area contributed by atoms with Gasteiger partial charge in [0.1, 0.15) is 4.83 Å². The Morgan fingerprint density at radius 2 is 2.04 bits per heavy atom. The van der Waals surface area contributed by atoms with Gasteiger partial charge in [-0.3, -0.25) is 9.48 Å². The van der Waals surface area contributed by atoms with Crippen LogP contribution in [0.5, 0.6) is 0 Å². The first kappa shape index (κ1) is 20.7. The number of nitrogens with one attached hydrogen (secondary N) is 1. The SMILES string of the molecule is CNCCN(C)C(=O)c1cc2c(C)nn(Cc3ccc(Cl)cc3)c2s1.Cl. The molecule has 3 aromatic rings. The number of carbonyl (C=O) groups excluding carboxylic acids is 1. The fourth-order valence-corrected chi connectivity index (χ4v) is 3.94. The van der Waals surface area contributed by atoms with Crippen LogP contribution in [0.15, 0.2) is 30.3 Å². The smallest absolute Gasteiger partial charge is 0.263 e. The van der Waals surface area contributed by atoms with Crippen molar-refractivity contribution >= 4 is 51.5 Å². The molecule has 0 unspecified atom stereocenters. The predicted octanol–water partition coefficient (Wildman–Crippen LogP) is 3.82. The molecule has 0 fully saturated rings. The Balaban J connectivity index is 0.00000243. The van der Waals surface area contributed by atoms with Crippen molar-refractivity contribution in [3.05, 3.63) is 51.5 Å². The number of amides is 1. The van der Waals surface area contributed by atoms with E-state index in [-0.39, 0.29) is 18.3 Å². The van der Waals surface area contributed by atoms with Gasteiger partial charge in [0.2, 0.25) is 0 Å². The zero-order valence-corrected chi connectivity index (χ0v) is 17.3. The number of aromatic nitrogens is 2. The first-order valence-electron chi connectivity index (χ1n) is 8.11. The molecule has 0 radical (unpaired) electrons. The number of benzene rings is 1. The third kappa shape index (κ3) is 4.38. The molecule has 1 amide bonds. The summed E-state index contributed by atoms with van der Waals surface area (Å²) >= 11 is 7.45. The summed E-state index contributed by atoms with van der Waals surface area (Å²) in [5.41, 5.74) is 2.07. The second kappa shape index (κ2) is 8.86. The molecule has 0 aliphatic heterocycles. The highest BCUT2D eigenvalue weighted by Crippen LogP contribution is 2.29. The second-order valence-electron chi connectivity index (χ2n) is 6.03. The van der Waals surface area contributed by atoms with Crippen molar-refractivity contribution in [3.8, 4) is 0 Å². The maximum absolute atomic E-state index is 12.6. The van der Waals surface area contributed by atoms with Crippen LogP contribution in [-0.2, 0) is 6.54 Å². The van der Waals surface area contributed by atoms with Crippen molar-refractivity contribution in [2.75, 3.05) is 27.2 Å². The van der Waals surface area contributed by atoms with Crippen LogP contribution in [-0.4, -0.2) is 47.8 Å². The Kier molecular flexibility index (Phi) is 7.06. The number of nitrogens with zero attached hydrogens (tertiary/aromatic N) is 3. The third-order valence-corrected chi connectivity index (χ3v) is 5.50. The first-order valence-corrected chi connectivity index (χ1v) is 9.30. The van der Waals surface area contributed by atoms with Gasteiger partial charge in [0.15, 0.2) is 0 Å². The average Bonchev–Trinajstić information content (AvgIpc) is 3.16. The second-order valence-corrected chi connectivity index (χ2v) is 7.50. The first-order chi connectivity index (χ1) is 12.0. The maximum Gasteiger partial charge on any atom is 0.263 e. The molecule has 0 aliphatic rings. The molecule has 8 heteroatoms. The minimum Gasteiger partial charge on any atom is -0.340 e. The Bertz CT molecular complexity index is 889. The Morgan fingerprint density at radius 3 is 2.69 bits per heavy atom. The number of fused-ring (bicyclic) bond motifs is 1. The summed E-state index contributed by atoms with van der Waals surface area (Å²) in [6, 6.07) is 9.71. The fraction of sp³-hybridized carbons (Fsp3) is 0.333. The molecule has 5 nitrogen and oxygen atoms in total. The molecule has 0 aliphatic carbocycles. The van der Waals surface area contributed by atoms with Gasteiger partial charge in [-0.05, 0) is 37.7 Å². The lowest BCUT2D eigenvalue weighted by molar-refractivity contribution is 0.0801. The van der Waals surface area contributed by atoms with Crippen molar-refractivity contribution in [2.24, 2.45) is 0 Å². The predicted molar refractivity (Wildman–Crippen MR) is 111 cm³/mol. The summed E-state index contributed by atoms with van der Waals surface area (Å²) in [5.74, 6) is 0.0499. The lowest BCUT2D eigenvalue weighted by Gasteiger charge is -2.15. The third-order valence-electron chi connectivity index (χ3n) is 4.11. The molecule has 3 rings (SSSR count). The number of hydrogen-bond donors (Lipinski definition) is 1. The fourth-order valence-electron chi connectivity index (χ4n) is 2.66. The number of halogens is 2. The number of aryl methyl sites for hydroxylation is 1. The minimum absolute atomic E-state index is 0. The van der Waals surface area contributed by atoms with E-state index in [0.717, 1.165) is 37.9 Å². The van der Waals surface area contributed by atoms with Crippen LogP contribution < -0.4 is 5.32 Å². The van der Waals surface area contributed by atoms with Gasteiger partial charge in [-0.25, -0.2) is 0 Å². The van der Waals surface area contributed by atoms with Gasteiger partial charge in [0.25, 0.3) is 5.91 Å². The van der Waals surface area contributed by atoms with Crippen molar-refractivity contribution < 1.29 is 4.79 Å². The average molecular weight is 413 g/mol. The maximum atomic E-state index is 12.6. The van der Waals surface area contributed by atoms with Gasteiger partial charge in [-0.1, -0.05) is 23.7 Å². The summed E-state index contributed by atoms with van der Waals surface area (Å²) in [6.45, 7) is 4.09. The highest BCUT2D eigenvalue weighted by molar-refractivity contribution is 7.20. The summed E-state index contributed by atoms with van der Waals surface area (Å²) in [6.07, 6.45) is 0.